The van der Waals surface area contributed by atoms with E-state index in [1.165, 1.54) is 99.2 Å². The van der Waals surface area contributed by atoms with Crippen LogP contribution < -0.4 is 16.4 Å². The molecule has 0 aliphatic carbocycles. The summed E-state index contributed by atoms with van der Waals surface area (Å²) in [5.41, 5.74) is 18.4. The summed E-state index contributed by atoms with van der Waals surface area (Å²) in [7, 11) is 0. The van der Waals surface area contributed by atoms with Gasteiger partial charge >= 0.3 is 0 Å². The molecule has 0 amide bonds. The van der Waals surface area contributed by atoms with E-state index in [-0.39, 0.29) is 23.0 Å². The van der Waals surface area contributed by atoms with Crippen molar-refractivity contribution < 1.29 is 0 Å². The molecule has 1 aliphatic heterocycles. The minimum Gasteiger partial charge on any atom is -0.309 e. The Morgan fingerprint density at radius 3 is 1.02 bits per heavy atom. The zero-order chi connectivity index (χ0) is 39.6. The Bertz CT molecular complexity index is 2770. The number of para-hydroxylation sites is 4. The molecule has 3 heterocycles. The molecule has 0 radical (unpaired) electrons. The minimum absolute atomic E-state index is 0.0262. The number of nitrogens with zero attached hydrogens (tertiary/aromatic N) is 2. The highest BCUT2D eigenvalue weighted by molar-refractivity contribution is 6.99. The molecule has 10 rings (SSSR count). The highest BCUT2D eigenvalue weighted by Gasteiger charge is 2.41. The number of fused-ring (bicyclic) bond motifs is 9. The van der Waals surface area contributed by atoms with E-state index >= 15 is 0 Å². The molecule has 0 fully saturated rings. The van der Waals surface area contributed by atoms with Crippen LogP contribution in [-0.4, -0.2) is 15.8 Å². The van der Waals surface area contributed by atoms with Crippen LogP contribution in [0.15, 0.2) is 146 Å². The van der Waals surface area contributed by atoms with Gasteiger partial charge in [-0.2, -0.15) is 0 Å². The Morgan fingerprint density at radius 2 is 0.702 bits per heavy atom. The van der Waals surface area contributed by atoms with Gasteiger partial charge in [0.2, 0.25) is 6.71 Å². The predicted octanol–water partition coefficient (Wildman–Crippen LogP) is 12.3. The van der Waals surface area contributed by atoms with Crippen LogP contribution in [0.2, 0.25) is 0 Å². The molecule has 9 aromatic rings. The van der Waals surface area contributed by atoms with Gasteiger partial charge in [-0.15, -0.1) is 0 Å². The van der Waals surface area contributed by atoms with E-state index in [0.29, 0.717) is 0 Å². The van der Waals surface area contributed by atoms with Crippen molar-refractivity contribution in [2.24, 2.45) is 0 Å². The monoisotopic (exact) mass is 738 g/mol. The fourth-order valence-electron chi connectivity index (χ4n) is 9.85. The van der Waals surface area contributed by atoms with E-state index in [0.717, 1.165) is 0 Å². The highest BCUT2D eigenvalue weighted by atomic mass is 15.0. The lowest BCUT2D eigenvalue weighted by atomic mass is 9.35. The molecular weight excluding hydrogens is 687 g/mol. The molecule has 2 nitrogen and oxygen atoms in total. The van der Waals surface area contributed by atoms with Crippen LogP contribution in [0.5, 0.6) is 0 Å². The van der Waals surface area contributed by atoms with Gasteiger partial charge in [0, 0.05) is 32.9 Å². The van der Waals surface area contributed by atoms with Gasteiger partial charge in [0.25, 0.3) is 0 Å². The maximum atomic E-state index is 2.54. The van der Waals surface area contributed by atoms with E-state index in [9.17, 15) is 0 Å². The number of aromatic nitrogens is 2. The first-order chi connectivity index (χ1) is 27.2. The topological polar surface area (TPSA) is 9.86 Å². The maximum absolute atomic E-state index is 2.54. The van der Waals surface area contributed by atoms with E-state index in [2.05, 4.69) is 217 Å². The van der Waals surface area contributed by atoms with Gasteiger partial charge < -0.3 is 9.13 Å². The summed E-state index contributed by atoms with van der Waals surface area (Å²) in [6, 6.07) is 55.1. The number of rotatable bonds is 3. The normalized spacial score (nSPS) is 13.3. The number of hydrogen-bond acceptors (Lipinski definition) is 0. The average Bonchev–Trinajstić information content (AvgIpc) is 3.81. The minimum atomic E-state index is -0.0642. The lowest BCUT2D eigenvalue weighted by Crippen LogP contribution is -2.54. The molecule has 0 spiro atoms. The third-order valence-electron chi connectivity index (χ3n) is 12.6. The van der Waals surface area contributed by atoms with E-state index in [1.807, 2.05) is 0 Å². The molecule has 2 aromatic heterocycles. The first-order valence-corrected chi connectivity index (χ1v) is 20.6. The van der Waals surface area contributed by atoms with Crippen molar-refractivity contribution in [2.45, 2.75) is 78.6 Å². The molecule has 280 valence electrons. The summed E-state index contributed by atoms with van der Waals surface area (Å²) >= 11 is 0. The van der Waals surface area contributed by atoms with Gasteiger partial charge in [-0.05, 0) is 92.6 Å². The molecule has 0 saturated carbocycles. The Hall–Kier alpha value is -5.80. The Labute approximate surface area is 337 Å². The van der Waals surface area contributed by atoms with Crippen LogP contribution in [0.3, 0.4) is 0 Å². The average molecular weight is 739 g/mol. The third-order valence-corrected chi connectivity index (χ3v) is 12.6. The van der Waals surface area contributed by atoms with Gasteiger partial charge in [-0.3, -0.25) is 0 Å². The summed E-state index contributed by atoms with van der Waals surface area (Å²) in [5.74, 6) is 0. The molecule has 0 unspecified atom stereocenters. The third kappa shape index (κ3) is 5.46. The molecule has 3 heteroatoms. The van der Waals surface area contributed by atoms with Crippen molar-refractivity contribution >= 4 is 66.7 Å². The maximum Gasteiger partial charge on any atom is 0.243 e. The quantitative estimate of drug-likeness (QED) is 0.160. The van der Waals surface area contributed by atoms with Crippen LogP contribution in [0.4, 0.5) is 0 Å². The summed E-state index contributed by atoms with van der Waals surface area (Å²) in [4.78, 5) is 0. The second-order valence-corrected chi connectivity index (χ2v) is 19.5. The molecule has 57 heavy (non-hydrogen) atoms. The van der Waals surface area contributed by atoms with Crippen LogP contribution in [0.1, 0.15) is 79.0 Å². The zero-order valence-electron chi connectivity index (χ0n) is 34.8. The predicted molar refractivity (Wildman–Crippen MR) is 248 cm³/mol. The zero-order valence-corrected chi connectivity index (χ0v) is 34.8. The first-order valence-electron chi connectivity index (χ1n) is 20.6. The summed E-state index contributed by atoms with van der Waals surface area (Å²) in [5, 5.41) is 5.13. The Balaban J connectivity index is 1.30. The molecule has 7 aromatic carbocycles. The van der Waals surface area contributed by atoms with Gasteiger partial charge in [0.05, 0.1) is 22.1 Å². The van der Waals surface area contributed by atoms with Crippen molar-refractivity contribution in [3.63, 3.8) is 0 Å². The van der Waals surface area contributed by atoms with Gasteiger partial charge in [0.15, 0.2) is 0 Å². The lowest BCUT2D eigenvalue weighted by molar-refractivity contribution is 0.553. The Kier molecular flexibility index (Phi) is 7.72. The van der Waals surface area contributed by atoms with E-state index in [4.69, 9.17) is 0 Å². The van der Waals surface area contributed by atoms with Gasteiger partial charge in [-0.1, -0.05) is 176 Å². The van der Waals surface area contributed by atoms with Gasteiger partial charge in [-0.25, -0.2) is 0 Å². The summed E-state index contributed by atoms with van der Waals surface area (Å²) in [6.07, 6.45) is 0. The van der Waals surface area contributed by atoms with Crippen molar-refractivity contribution in [2.75, 3.05) is 0 Å². The standard InChI is InChI=1S/C54H51BN2/c1-52(2,3)34-30-43(53(4,5)6)51(44(31-34)54(7,8)9)55-45-28-26-35(56-47-22-14-10-18-37(47)38-19-11-15-23-48(38)56)32-41(45)42-33-36(27-29-46(42)55)57-49-24-16-12-20-39(49)40-21-13-17-25-50(40)57/h10-33H,1-9H3. The van der Waals surface area contributed by atoms with Crippen molar-refractivity contribution in [3.05, 3.63) is 162 Å². The SMILES string of the molecule is CC(C)(C)c1cc(C(C)(C)C)c(B2c3ccc(-n4c5ccccc5c5ccccc54)cc3-c3cc(-n4c5ccccc5c5ccccc54)ccc32)c(C(C)(C)C)c1. The van der Waals surface area contributed by atoms with Crippen LogP contribution >= 0.6 is 0 Å². The number of benzene rings is 7. The van der Waals surface area contributed by atoms with Crippen LogP contribution in [0, 0.1) is 0 Å². The van der Waals surface area contributed by atoms with Crippen LogP contribution in [0.25, 0.3) is 66.1 Å². The first kappa shape index (κ1) is 35.6. The molecule has 1 aliphatic rings. The van der Waals surface area contributed by atoms with Crippen molar-refractivity contribution in [3.8, 4) is 22.5 Å². The summed E-state index contributed by atoms with van der Waals surface area (Å²) in [6.45, 7) is 21.6. The smallest absolute Gasteiger partial charge is 0.243 e. The molecule has 0 saturated heterocycles. The van der Waals surface area contributed by atoms with E-state index in [1.54, 1.807) is 0 Å². The fourth-order valence-corrected chi connectivity index (χ4v) is 9.85. The highest BCUT2D eigenvalue weighted by Crippen LogP contribution is 2.39. The molecule has 0 atom stereocenters. The van der Waals surface area contributed by atoms with Crippen molar-refractivity contribution in [1.29, 1.82) is 0 Å². The fraction of sp³-hybridized carbons (Fsp3) is 0.222. The van der Waals surface area contributed by atoms with Gasteiger partial charge in [0.1, 0.15) is 0 Å². The molecule has 0 bridgehead atoms. The molecule has 0 N–H and O–H groups in total. The largest absolute Gasteiger partial charge is 0.309 e. The molecular formula is C54H51BN2. The van der Waals surface area contributed by atoms with E-state index < -0.39 is 0 Å². The summed E-state index contributed by atoms with van der Waals surface area (Å²) < 4.78 is 4.93. The Morgan fingerprint density at radius 1 is 0.368 bits per heavy atom. The second-order valence-electron chi connectivity index (χ2n) is 19.5. The van der Waals surface area contributed by atoms with Crippen LogP contribution in [-0.2, 0) is 16.2 Å². The van der Waals surface area contributed by atoms with Crippen molar-refractivity contribution in [1.82, 2.24) is 9.13 Å². The number of hydrogen-bond donors (Lipinski definition) is 0. The lowest BCUT2D eigenvalue weighted by Gasteiger charge is -2.35. The second kappa shape index (κ2) is 12.4.